The quantitative estimate of drug-likeness (QED) is 0.592. The fourth-order valence-electron chi connectivity index (χ4n) is 2.79. The van der Waals surface area contributed by atoms with E-state index in [1.54, 1.807) is 51.1 Å². The van der Waals surface area contributed by atoms with Crippen LogP contribution in [0.3, 0.4) is 0 Å². The van der Waals surface area contributed by atoms with E-state index in [0.29, 0.717) is 11.3 Å². The first kappa shape index (κ1) is 18.7. The molecule has 0 N–H and O–H groups in total. The molecule has 0 saturated carbocycles. The summed E-state index contributed by atoms with van der Waals surface area (Å²) in [5.41, 5.74) is 0.974. The van der Waals surface area contributed by atoms with Crippen LogP contribution in [0.1, 0.15) is 27.2 Å². The summed E-state index contributed by atoms with van der Waals surface area (Å²) < 4.78 is 27.8. The Morgan fingerprint density at radius 3 is 2.40 bits per heavy atom. The van der Waals surface area contributed by atoms with E-state index >= 15 is 0 Å². The Bertz CT molecular complexity index is 882. The number of anilines is 1. The first-order chi connectivity index (χ1) is 11.7. The Morgan fingerprint density at radius 1 is 1.32 bits per heavy atom. The molecule has 132 valence electrons. The monoisotopic (exact) mass is 361 g/mol. The molecule has 0 aliphatic heterocycles. The minimum absolute atomic E-state index is 0.0968. The summed E-state index contributed by atoms with van der Waals surface area (Å²) in [7, 11) is -4.44. The lowest BCUT2D eigenvalue weighted by atomic mass is 9.96. The standard InChI is InChI=1S/C17H19N3O4S/c1-13(2)19(16-7-5-4-6-8-16)25(23,24)17(20(21)22)10-9-14(3)15(11-17)12-18/h4-10,13H,11H2,1-3H3. The fraction of sp³-hybridized carbons (Fsp3) is 0.353. The van der Waals surface area contributed by atoms with Crippen LogP contribution in [0.2, 0.25) is 0 Å². The van der Waals surface area contributed by atoms with Gasteiger partial charge in [0.1, 0.15) is 0 Å². The highest BCUT2D eigenvalue weighted by atomic mass is 32.2. The van der Waals surface area contributed by atoms with Crippen LogP contribution in [0.4, 0.5) is 5.69 Å². The highest BCUT2D eigenvalue weighted by molar-refractivity contribution is 7.94. The third kappa shape index (κ3) is 3.03. The van der Waals surface area contributed by atoms with Crippen molar-refractivity contribution in [3.8, 4) is 6.07 Å². The number of nitro groups is 1. The summed E-state index contributed by atoms with van der Waals surface area (Å²) in [6, 6.07) is 9.60. The van der Waals surface area contributed by atoms with Crippen molar-refractivity contribution < 1.29 is 13.3 Å². The van der Waals surface area contributed by atoms with Gasteiger partial charge in [-0.1, -0.05) is 24.3 Å². The summed E-state index contributed by atoms with van der Waals surface area (Å²) >= 11 is 0. The van der Waals surface area contributed by atoms with Crippen LogP contribution in [0.15, 0.2) is 53.6 Å². The van der Waals surface area contributed by atoms with Gasteiger partial charge in [0.15, 0.2) is 0 Å². The molecule has 0 spiro atoms. The van der Waals surface area contributed by atoms with Crippen molar-refractivity contribution in [3.05, 3.63) is 63.7 Å². The zero-order valence-electron chi connectivity index (χ0n) is 14.2. The van der Waals surface area contributed by atoms with Crippen LogP contribution in [-0.2, 0) is 10.0 Å². The molecule has 8 heteroatoms. The molecule has 1 aliphatic rings. The lowest BCUT2D eigenvalue weighted by Gasteiger charge is -2.34. The molecule has 0 bridgehead atoms. The van der Waals surface area contributed by atoms with Crippen molar-refractivity contribution in [2.24, 2.45) is 0 Å². The first-order valence-electron chi connectivity index (χ1n) is 7.70. The maximum atomic E-state index is 13.4. The van der Waals surface area contributed by atoms with Crippen molar-refractivity contribution in [2.45, 2.75) is 38.1 Å². The van der Waals surface area contributed by atoms with E-state index in [4.69, 9.17) is 0 Å². The zero-order valence-corrected chi connectivity index (χ0v) is 15.0. The number of nitriles is 1. The van der Waals surface area contributed by atoms with Crippen molar-refractivity contribution >= 4 is 15.7 Å². The van der Waals surface area contributed by atoms with Gasteiger partial charge in [0.25, 0.3) is 0 Å². The predicted octanol–water partition coefficient (Wildman–Crippen LogP) is 3.00. The molecular formula is C17H19N3O4S. The molecule has 25 heavy (non-hydrogen) atoms. The topological polar surface area (TPSA) is 104 Å². The van der Waals surface area contributed by atoms with Gasteiger partial charge in [-0.2, -0.15) is 13.7 Å². The molecule has 2 rings (SSSR count). The Kier molecular flexibility index (Phi) is 4.99. The molecule has 0 saturated heterocycles. The molecule has 0 heterocycles. The summed E-state index contributed by atoms with van der Waals surface area (Å²) in [5, 5.41) is 21.1. The van der Waals surface area contributed by atoms with Gasteiger partial charge in [-0.25, -0.2) is 0 Å². The molecular weight excluding hydrogens is 342 g/mol. The van der Waals surface area contributed by atoms with Gasteiger partial charge in [0, 0.05) is 22.6 Å². The van der Waals surface area contributed by atoms with Gasteiger partial charge < -0.3 is 0 Å². The smallest absolute Gasteiger partial charge is 0.262 e. The predicted molar refractivity (Wildman–Crippen MR) is 94.8 cm³/mol. The van der Waals surface area contributed by atoms with Gasteiger partial charge in [0.05, 0.1) is 18.2 Å². The molecule has 0 aromatic heterocycles. The molecule has 1 aliphatic carbocycles. The number of rotatable bonds is 5. The van der Waals surface area contributed by atoms with Crippen molar-refractivity contribution in [1.29, 1.82) is 5.26 Å². The van der Waals surface area contributed by atoms with E-state index < -0.39 is 32.3 Å². The molecule has 0 radical (unpaired) electrons. The molecule has 7 nitrogen and oxygen atoms in total. The van der Waals surface area contributed by atoms with Gasteiger partial charge in [-0.15, -0.1) is 0 Å². The third-order valence-corrected chi connectivity index (χ3v) is 6.60. The number of nitrogens with zero attached hydrogens (tertiary/aromatic N) is 3. The van der Waals surface area contributed by atoms with E-state index in [0.717, 1.165) is 10.4 Å². The van der Waals surface area contributed by atoms with Crippen molar-refractivity contribution in [2.75, 3.05) is 4.31 Å². The number of hydrogen-bond donors (Lipinski definition) is 0. The van der Waals surface area contributed by atoms with E-state index in [1.807, 2.05) is 6.07 Å². The number of hydrogen-bond acceptors (Lipinski definition) is 5. The summed E-state index contributed by atoms with van der Waals surface area (Å²) in [6.07, 6.45) is 1.93. The maximum Gasteiger partial charge on any atom is 0.360 e. The minimum Gasteiger partial charge on any atom is -0.262 e. The largest absolute Gasteiger partial charge is 0.360 e. The van der Waals surface area contributed by atoms with Crippen LogP contribution < -0.4 is 4.31 Å². The van der Waals surface area contributed by atoms with Gasteiger partial charge >= 0.3 is 14.9 Å². The Morgan fingerprint density at radius 2 is 1.92 bits per heavy atom. The molecule has 0 amide bonds. The van der Waals surface area contributed by atoms with Crippen molar-refractivity contribution in [3.63, 3.8) is 0 Å². The second-order valence-electron chi connectivity index (χ2n) is 6.12. The molecule has 1 aromatic carbocycles. The molecule has 1 atom stereocenters. The Hall–Kier alpha value is -2.66. The number of para-hydroxylation sites is 1. The van der Waals surface area contributed by atoms with E-state index in [2.05, 4.69) is 0 Å². The highest BCUT2D eigenvalue weighted by Gasteiger charge is 2.58. The Balaban J connectivity index is 2.68. The average Bonchev–Trinajstić information content (AvgIpc) is 2.55. The summed E-state index contributed by atoms with van der Waals surface area (Å²) in [6.45, 7) is 4.93. The van der Waals surface area contributed by atoms with Crippen LogP contribution in [0.5, 0.6) is 0 Å². The normalized spacial score (nSPS) is 20.4. The SMILES string of the molecule is CC1=C(C#N)CC([N+](=O)[O-])(S(=O)(=O)N(c2ccccc2)C(C)C)C=C1. The lowest BCUT2D eigenvalue weighted by molar-refractivity contribution is -0.526. The van der Waals surface area contributed by atoms with Crippen LogP contribution in [0.25, 0.3) is 0 Å². The lowest BCUT2D eigenvalue weighted by Crippen LogP contribution is -2.55. The summed E-state index contributed by atoms with van der Waals surface area (Å²) in [4.78, 5) is 8.64. The zero-order chi connectivity index (χ0) is 18.8. The maximum absolute atomic E-state index is 13.4. The molecule has 1 unspecified atom stereocenters. The van der Waals surface area contributed by atoms with E-state index in [9.17, 15) is 23.8 Å². The third-order valence-electron chi connectivity index (χ3n) is 4.13. The van der Waals surface area contributed by atoms with Crippen LogP contribution in [-0.4, -0.2) is 24.3 Å². The average molecular weight is 361 g/mol. The number of allylic oxidation sites excluding steroid dienone is 2. The number of sulfonamides is 1. The highest BCUT2D eigenvalue weighted by Crippen LogP contribution is 2.38. The Labute approximate surface area is 147 Å². The molecule has 1 aromatic rings. The summed E-state index contributed by atoms with van der Waals surface area (Å²) in [5.74, 6) is 0. The second kappa shape index (κ2) is 6.69. The van der Waals surface area contributed by atoms with E-state index in [-0.39, 0.29) is 5.57 Å². The second-order valence-corrected chi connectivity index (χ2v) is 8.17. The van der Waals surface area contributed by atoms with Gasteiger partial charge in [-0.3, -0.25) is 14.4 Å². The fourth-order valence-corrected chi connectivity index (χ4v) is 4.84. The molecule has 0 fully saturated rings. The minimum atomic E-state index is -4.44. The van der Waals surface area contributed by atoms with Crippen LogP contribution >= 0.6 is 0 Å². The van der Waals surface area contributed by atoms with Gasteiger partial charge in [0.2, 0.25) is 0 Å². The van der Waals surface area contributed by atoms with Crippen LogP contribution in [0, 0.1) is 21.4 Å². The van der Waals surface area contributed by atoms with Gasteiger partial charge in [-0.05, 0) is 38.5 Å². The van der Waals surface area contributed by atoms with Crippen molar-refractivity contribution in [1.82, 2.24) is 0 Å². The van der Waals surface area contributed by atoms with E-state index in [1.165, 1.54) is 6.08 Å². The first-order valence-corrected chi connectivity index (χ1v) is 9.14. The number of benzene rings is 1.